The van der Waals surface area contributed by atoms with Crippen LogP contribution in [0.3, 0.4) is 0 Å². The summed E-state index contributed by atoms with van der Waals surface area (Å²) in [4.78, 5) is 3.72. The highest BCUT2D eigenvalue weighted by atomic mass is 127. The van der Waals surface area contributed by atoms with E-state index in [0.29, 0.717) is 8.17 Å². The monoisotopic (exact) mass is 459 g/mol. The maximum absolute atomic E-state index is 12.3. The molecule has 0 saturated heterocycles. The molecule has 12 heavy (non-hydrogen) atoms. The summed E-state index contributed by atoms with van der Waals surface area (Å²) in [5.41, 5.74) is -0.189. The Morgan fingerprint density at radius 1 is 1.42 bits per heavy atom. The van der Waals surface area contributed by atoms with Gasteiger partial charge in [0, 0.05) is 3.57 Å². The summed E-state index contributed by atoms with van der Waals surface area (Å²) in [6.07, 6.45) is -2.53. The Bertz CT molecular complexity index is 306. The summed E-state index contributed by atoms with van der Waals surface area (Å²) in [5.74, 6) is 0. The van der Waals surface area contributed by atoms with Gasteiger partial charge in [0.05, 0.1) is 4.47 Å². The SMILES string of the molecule is FC(F)c1nc(I)cc(I)c1Br. The van der Waals surface area contributed by atoms with Crippen LogP contribution in [0.4, 0.5) is 8.78 Å². The van der Waals surface area contributed by atoms with Gasteiger partial charge in [-0.1, -0.05) is 0 Å². The minimum atomic E-state index is -2.53. The fourth-order valence-electron chi connectivity index (χ4n) is 0.631. The maximum atomic E-state index is 12.3. The van der Waals surface area contributed by atoms with Crippen molar-refractivity contribution in [3.05, 3.63) is 23.5 Å². The van der Waals surface area contributed by atoms with Crippen LogP contribution in [0.2, 0.25) is 0 Å². The molecule has 1 aromatic heterocycles. The Morgan fingerprint density at radius 2 is 2.00 bits per heavy atom. The molecule has 1 nitrogen and oxygen atoms in total. The highest BCUT2D eigenvalue weighted by molar-refractivity contribution is 14.1. The van der Waals surface area contributed by atoms with Crippen molar-refractivity contribution >= 4 is 61.1 Å². The number of hydrogen-bond donors (Lipinski definition) is 0. The van der Waals surface area contributed by atoms with Crippen LogP contribution < -0.4 is 0 Å². The van der Waals surface area contributed by atoms with Crippen molar-refractivity contribution in [2.75, 3.05) is 0 Å². The van der Waals surface area contributed by atoms with Crippen LogP contribution in [0.25, 0.3) is 0 Å². The smallest absolute Gasteiger partial charge is 0.240 e. The Labute approximate surface area is 104 Å². The molecule has 0 aliphatic carbocycles. The van der Waals surface area contributed by atoms with Gasteiger partial charge in [-0.3, -0.25) is 0 Å². The van der Waals surface area contributed by atoms with Crippen LogP contribution in [0.5, 0.6) is 0 Å². The van der Waals surface area contributed by atoms with E-state index in [1.54, 1.807) is 6.07 Å². The maximum Gasteiger partial charge on any atom is 0.281 e. The second kappa shape index (κ2) is 4.45. The molecule has 0 unspecified atom stereocenters. The molecule has 0 atom stereocenters. The zero-order chi connectivity index (χ0) is 9.30. The first-order chi connectivity index (χ1) is 5.52. The Hall–Kier alpha value is 0.950. The summed E-state index contributed by atoms with van der Waals surface area (Å²) in [7, 11) is 0. The molecule has 1 aromatic rings. The lowest BCUT2D eigenvalue weighted by atomic mass is 10.4. The van der Waals surface area contributed by atoms with Crippen molar-refractivity contribution in [2.24, 2.45) is 0 Å². The van der Waals surface area contributed by atoms with Crippen LogP contribution in [-0.4, -0.2) is 4.98 Å². The lowest BCUT2D eigenvalue weighted by Crippen LogP contribution is -1.96. The van der Waals surface area contributed by atoms with Gasteiger partial charge in [-0.25, -0.2) is 13.8 Å². The average Bonchev–Trinajstić information content (AvgIpc) is 1.96. The number of aromatic nitrogens is 1. The van der Waals surface area contributed by atoms with Crippen LogP contribution in [-0.2, 0) is 0 Å². The van der Waals surface area contributed by atoms with Crippen molar-refractivity contribution in [1.29, 1.82) is 0 Å². The third-order valence-corrected chi connectivity index (χ3v) is 4.09. The first kappa shape index (κ1) is 11.0. The van der Waals surface area contributed by atoms with Gasteiger partial charge in [0.25, 0.3) is 6.43 Å². The van der Waals surface area contributed by atoms with E-state index in [4.69, 9.17) is 0 Å². The molecule has 0 aliphatic rings. The fourth-order valence-corrected chi connectivity index (χ4v) is 2.75. The first-order valence-corrected chi connectivity index (χ1v) is 5.77. The van der Waals surface area contributed by atoms with E-state index in [0.717, 1.165) is 3.57 Å². The molecule has 0 spiro atoms. The Kier molecular flexibility index (Phi) is 4.09. The van der Waals surface area contributed by atoms with Crippen molar-refractivity contribution in [3.63, 3.8) is 0 Å². The average molecular weight is 460 g/mol. The van der Waals surface area contributed by atoms with E-state index in [1.807, 2.05) is 45.2 Å². The molecule has 6 heteroatoms. The number of halogens is 5. The molecule has 1 rings (SSSR count). The minimum Gasteiger partial charge on any atom is -0.240 e. The molecule has 66 valence electrons. The van der Waals surface area contributed by atoms with Gasteiger partial charge in [0.1, 0.15) is 9.39 Å². The van der Waals surface area contributed by atoms with Crippen LogP contribution in [0.1, 0.15) is 12.1 Å². The van der Waals surface area contributed by atoms with Crippen LogP contribution in [0.15, 0.2) is 10.5 Å². The summed E-state index contributed by atoms with van der Waals surface area (Å²) >= 11 is 6.96. The van der Waals surface area contributed by atoms with Gasteiger partial charge < -0.3 is 0 Å². The van der Waals surface area contributed by atoms with Crippen LogP contribution >= 0.6 is 61.1 Å². The Morgan fingerprint density at radius 3 is 2.50 bits per heavy atom. The van der Waals surface area contributed by atoms with Crippen molar-refractivity contribution < 1.29 is 8.78 Å². The lowest BCUT2D eigenvalue weighted by molar-refractivity contribution is 0.145. The number of pyridine rings is 1. The normalized spacial score (nSPS) is 10.8. The van der Waals surface area contributed by atoms with E-state index < -0.39 is 6.43 Å². The molecular formula is C6H2BrF2I2N. The van der Waals surface area contributed by atoms with E-state index in [2.05, 4.69) is 20.9 Å². The second-order valence-corrected chi connectivity index (χ2v) is 4.99. The molecule has 0 aliphatic heterocycles. The lowest BCUT2D eigenvalue weighted by Gasteiger charge is -2.04. The van der Waals surface area contributed by atoms with Crippen molar-refractivity contribution in [2.45, 2.75) is 6.43 Å². The number of nitrogens with zero attached hydrogens (tertiary/aromatic N) is 1. The summed E-state index contributed by atoms with van der Waals surface area (Å²) in [6, 6.07) is 1.73. The quantitative estimate of drug-likeness (QED) is 0.457. The van der Waals surface area contributed by atoms with Crippen molar-refractivity contribution in [3.8, 4) is 0 Å². The predicted molar refractivity (Wildman–Crippen MR) is 62.3 cm³/mol. The molecule has 0 N–H and O–H groups in total. The minimum absolute atomic E-state index is 0.189. The zero-order valence-corrected chi connectivity index (χ0v) is 11.4. The predicted octanol–water partition coefficient (Wildman–Crippen LogP) is 3.99. The van der Waals surface area contributed by atoms with Gasteiger partial charge >= 0.3 is 0 Å². The van der Waals surface area contributed by atoms with E-state index in [1.165, 1.54) is 0 Å². The van der Waals surface area contributed by atoms with Gasteiger partial charge in [-0.15, -0.1) is 0 Å². The molecular weight excluding hydrogens is 458 g/mol. The van der Waals surface area contributed by atoms with Gasteiger partial charge in [-0.2, -0.15) is 0 Å². The molecule has 0 fully saturated rings. The topological polar surface area (TPSA) is 12.9 Å². The first-order valence-electron chi connectivity index (χ1n) is 2.82. The number of rotatable bonds is 1. The van der Waals surface area contributed by atoms with E-state index >= 15 is 0 Å². The highest BCUT2D eigenvalue weighted by Crippen LogP contribution is 2.30. The summed E-state index contributed by atoms with van der Waals surface area (Å²) in [6.45, 7) is 0. The van der Waals surface area contributed by atoms with Crippen LogP contribution in [0, 0.1) is 7.27 Å². The third kappa shape index (κ3) is 2.47. The highest BCUT2D eigenvalue weighted by Gasteiger charge is 2.16. The zero-order valence-electron chi connectivity index (χ0n) is 5.49. The second-order valence-electron chi connectivity index (χ2n) is 1.93. The number of hydrogen-bond acceptors (Lipinski definition) is 1. The standard InChI is InChI=1S/C6H2BrF2I2N/c7-4-2(10)1-3(11)12-5(4)6(8)9/h1,6H. The molecule has 0 aromatic carbocycles. The fraction of sp³-hybridized carbons (Fsp3) is 0.167. The van der Waals surface area contributed by atoms with E-state index in [9.17, 15) is 8.78 Å². The molecule has 0 bridgehead atoms. The van der Waals surface area contributed by atoms with Gasteiger partial charge in [0.15, 0.2) is 0 Å². The summed E-state index contributed by atoms with van der Waals surface area (Å²) in [5, 5.41) is 0. The Balaban J connectivity index is 3.28. The number of alkyl halides is 2. The van der Waals surface area contributed by atoms with Crippen molar-refractivity contribution in [1.82, 2.24) is 4.98 Å². The van der Waals surface area contributed by atoms with Gasteiger partial charge in [-0.05, 0) is 67.2 Å². The molecule has 0 amide bonds. The molecule has 1 heterocycles. The van der Waals surface area contributed by atoms with Gasteiger partial charge in [0.2, 0.25) is 0 Å². The summed E-state index contributed by atoms with van der Waals surface area (Å²) < 4.78 is 26.3. The third-order valence-electron chi connectivity index (χ3n) is 1.11. The molecule has 0 radical (unpaired) electrons. The molecule has 0 saturated carbocycles. The van der Waals surface area contributed by atoms with E-state index in [-0.39, 0.29) is 5.69 Å². The largest absolute Gasteiger partial charge is 0.281 e.